The number of hydrogen-bond acceptors (Lipinski definition) is 7. The fourth-order valence-electron chi connectivity index (χ4n) is 2.18. The first-order valence-electron chi connectivity index (χ1n) is 7.67. The van der Waals surface area contributed by atoms with Crippen LogP contribution in [-0.4, -0.2) is 23.0 Å². The number of methoxy groups -OCH3 is 1. The molecule has 1 aromatic heterocycles. The fraction of sp³-hybridized carbons (Fsp3) is 0.0556. The van der Waals surface area contributed by atoms with Gasteiger partial charge in [-0.1, -0.05) is 29.3 Å². The summed E-state index contributed by atoms with van der Waals surface area (Å²) in [7, 11) is 1.31. The highest BCUT2D eigenvalue weighted by molar-refractivity contribution is 6.43. The molecule has 0 spiro atoms. The third-order valence-corrected chi connectivity index (χ3v) is 4.36. The zero-order valence-corrected chi connectivity index (χ0v) is 15.6. The van der Waals surface area contributed by atoms with Gasteiger partial charge < -0.3 is 20.5 Å². The third kappa shape index (κ3) is 4.21. The monoisotopic (exact) mass is 404 g/mol. The lowest BCUT2D eigenvalue weighted by Gasteiger charge is -2.13. The Morgan fingerprint density at radius 3 is 2.56 bits per heavy atom. The van der Waals surface area contributed by atoms with E-state index in [2.05, 4.69) is 20.0 Å². The quantitative estimate of drug-likeness (QED) is 0.594. The number of esters is 1. The number of anilines is 3. The zero-order valence-electron chi connectivity index (χ0n) is 14.1. The van der Waals surface area contributed by atoms with Crippen LogP contribution in [0.2, 0.25) is 10.0 Å². The van der Waals surface area contributed by atoms with Crippen LogP contribution < -0.4 is 15.8 Å². The number of nitrogens with zero attached hydrogens (tertiary/aromatic N) is 2. The van der Waals surface area contributed by atoms with Gasteiger partial charge in [0, 0.05) is 0 Å². The molecule has 2 aromatic carbocycles. The minimum Gasteiger partial charge on any atom is -0.465 e. The van der Waals surface area contributed by atoms with E-state index in [1.807, 2.05) is 0 Å². The van der Waals surface area contributed by atoms with Gasteiger partial charge in [0.2, 0.25) is 5.88 Å². The van der Waals surface area contributed by atoms with Gasteiger partial charge in [-0.05, 0) is 36.4 Å². The largest absolute Gasteiger partial charge is 0.465 e. The molecule has 0 atom stereocenters. The van der Waals surface area contributed by atoms with Crippen LogP contribution in [0.15, 0.2) is 48.8 Å². The van der Waals surface area contributed by atoms with Crippen molar-refractivity contribution in [2.24, 2.45) is 0 Å². The van der Waals surface area contributed by atoms with Crippen molar-refractivity contribution in [3.05, 3.63) is 64.4 Å². The molecule has 0 bridgehead atoms. The molecule has 138 valence electrons. The van der Waals surface area contributed by atoms with Crippen LogP contribution in [-0.2, 0) is 4.74 Å². The normalized spacial score (nSPS) is 10.3. The van der Waals surface area contributed by atoms with E-state index in [1.54, 1.807) is 42.5 Å². The van der Waals surface area contributed by atoms with Gasteiger partial charge in [-0.3, -0.25) is 0 Å². The second-order valence-electron chi connectivity index (χ2n) is 5.29. The van der Waals surface area contributed by atoms with Crippen molar-refractivity contribution in [3.63, 3.8) is 0 Å². The number of carbonyl (C=O) groups excluding carboxylic acids is 1. The third-order valence-electron chi connectivity index (χ3n) is 3.54. The van der Waals surface area contributed by atoms with Crippen molar-refractivity contribution in [3.8, 4) is 11.6 Å². The Bertz CT molecular complexity index is 981. The number of ether oxygens (including phenoxy) is 2. The van der Waals surface area contributed by atoms with E-state index in [4.69, 9.17) is 33.7 Å². The molecule has 3 rings (SSSR count). The van der Waals surface area contributed by atoms with E-state index >= 15 is 0 Å². The SMILES string of the molecule is COC(=O)c1ccc(Oc2ncnc(Nc3cccc(Cl)c3Cl)c2N)cc1. The Morgan fingerprint density at radius 2 is 1.85 bits per heavy atom. The van der Waals surface area contributed by atoms with Gasteiger partial charge in [-0.2, -0.15) is 4.98 Å². The van der Waals surface area contributed by atoms with Crippen molar-refractivity contribution in [1.82, 2.24) is 9.97 Å². The number of nitrogens with one attached hydrogen (secondary N) is 1. The molecule has 27 heavy (non-hydrogen) atoms. The van der Waals surface area contributed by atoms with Gasteiger partial charge in [0.05, 0.1) is 28.4 Å². The molecule has 0 aliphatic carbocycles. The molecule has 0 aliphatic heterocycles. The Hall–Kier alpha value is -3.03. The van der Waals surface area contributed by atoms with Gasteiger partial charge in [0.15, 0.2) is 5.82 Å². The summed E-state index contributed by atoms with van der Waals surface area (Å²) in [5, 5.41) is 3.75. The van der Waals surface area contributed by atoms with Crippen LogP contribution in [0.1, 0.15) is 10.4 Å². The summed E-state index contributed by atoms with van der Waals surface area (Å²) in [6, 6.07) is 11.5. The molecule has 0 saturated carbocycles. The summed E-state index contributed by atoms with van der Waals surface area (Å²) in [5.74, 6) is 0.472. The Balaban J connectivity index is 1.82. The standard InChI is InChI=1S/C18H14Cl2N4O3/c1-26-18(25)10-5-7-11(8-6-10)27-17-15(21)16(22-9-23-17)24-13-4-2-3-12(19)14(13)20/h2-9H,21H2,1H3,(H,22,23,24). The van der Waals surface area contributed by atoms with E-state index < -0.39 is 5.97 Å². The van der Waals surface area contributed by atoms with Gasteiger partial charge in [0.1, 0.15) is 17.8 Å². The number of carbonyl (C=O) groups is 1. The lowest BCUT2D eigenvalue weighted by molar-refractivity contribution is 0.0600. The van der Waals surface area contributed by atoms with Crippen molar-refractivity contribution >= 4 is 46.4 Å². The van der Waals surface area contributed by atoms with E-state index in [-0.39, 0.29) is 11.6 Å². The molecule has 3 N–H and O–H groups in total. The van der Waals surface area contributed by atoms with E-state index in [0.717, 1.165) is 0 Å². The number of rotatable bonds is 5. The molecule has 0 saturated heterocycles. The molecule has 1 heterocycles. The highest BCUT2D eigenvalue weighted by atomic mass is 35.5. The number of nitrogen functional groups attached to an aromatic ring is 1. The molecular weight excluding hydrogens is 391 g/mol. The highest BCUT2D eigenvalue weighted by Gasteiger charge is 2.13. The van der Waals surface area contributed by atoms with Crippen LogP contribution in [0.3, 0.4) is 0 Å². The number of aromatic nitrogens is 2. The smallest absolute Gasteiger partial charge is 0.337 e. The number of nitrogens with two attached hydrogens (primary N) is 1. The first-order chi connectivity index (χ1) is 13.0. The summed E-state index contributed by atoms with van der Waals surface area (Å²) in [5.41, 5.74) is 7.24. The van der Waals surface area contributed by atoms with E-state index in [9.17, 15) is 4.79 Å². The molecule has 0 unspecified atom stereocenters. The second-order valence-corrected chi connectivity index (χ2v) is 6.07. The molecule has 0 amide bonds. The summed E-state index contributed by atoms with van der Waals surface area (Å²) in [6.07, 6.45) is 1.30. The van der Waals surface area contributed by atoms with Crippen molar-refractivity contribution < 1.29 is 14.3 Å². The van der Waals surface area contributed by atoms with Gasteiger partial charge in [-0.15, -0.1) is 0 Å². The average Bonchev–Trinajstić information content (AvgIpc) is 2.68. The first kappa shape index (κ1) is 18.8. The van der Waals surface area contributed by atoms with E-state index in [0.29, 0.717) is 32.9 Å². The molecule has 7 nitrogen and oxygen atoms in total. The molecule has 0 aliphatic rings. The summed E-state index contributed by atoms with van der Waals surface area (Å²) in [6.45, 7) is 0. The fourth-order valence-corrected chi connectivity index (χ4v) is 2.52. The van der Waals surface area contributed by atoms with Crippen molar-refractivity contribution in [1.29, 1.82) is 0 Å². The van der Waals surface area contributed by atoms with Gasteiger partial charge >= 0.3 is 5.97 Å². The van der Waals surface area contributed by atoms with Crippen LogP contribution in [0.25, 0.3) is 0 Å². The number of benzene rings is 2. The lowest BCUT2D eigenvalue weighted by Crippen LogP contribution is -2.04. The summed E-state index contributed by atoms with van der Waals surface area (Å²) in [4.78, 5) is 19.6. The van der Waals surface area contributed by atoms with Crippen molar-refractivity contribution in [2.45, 2.75) is 0 Å². The predicted octanol–water partition coefficient (Wildman–Crippen LogP) is 4.69. The maximum atomic E-state index is 11.5. The number of halogens is 2. The maximum absolute atomic E-state index is 11.5. The Labute approximate surface area is 165 Å². The molecule has 0 fully saturated rings. The van der Waals surface area contributed by atoms with Crippen LogP contribution in [0.5, 0.6) is 11.6 Å². The minimum atomic E-state index is -0.437. The average molecular weight is 405 g/mol. The maximum Gasteiger partial charge on any atom is 0.337 e. The Kier molecular flexibility index (Phi) is 5.63. The number of hydrogen-bond donors (Lipinski definition) is 2. The van der Waals surface area contributed by atoms with Crippen LogP contribution in [0.4, 0.5) is 17.2 Å². The zero-order chi connectivity index (χ0) is 19.4. The molecule has 0 radical (unpaired) electrons. The second kappa shape index (κ2) is 8.11. The van der Waals surface area contributed by atoms with Crippen LogP contribution >= 0.6 is 23.2 Å². The lowest BCUT2D eigenvalue weighted by atomic mass is 10.2. The molecule has 3 aromatic rings. The highest BCUT2D eigenvalue weighted by Crippen LogP contribution is 2.35. The van der Waals surface area contributed by atoms with Gasteiger partial charge in [0.25, 0.3) is 0 Å². The minimum absolute atomic E-state index is 0.150. The van der Waals surface area contributed by atoms with Crippen molar-refractivity contribution in [2.75, 3.05) is 18.2 Å². The van der Waals surface area contributed by atoms with Crippen LogP contribution in [0, 0.1) is 0 Å². The Morgan fingerprint density at radius 1 is 1.11 bits per heavy atom. The first-order valence-corrected chi connectivity index (χ1v) is 8.43. The summed E-state index contributed by atoms with van der Waals surface area (Å²) < 4.78 is 10.3. The predicted molar refractivity (Wildman–Crippen MR) is 104 cm³/mol. The van der Waals surface area contributed by atoms with Gasteiger partial charge in [-0.25, -0.2) is 9.78 Å². The molecular formula is C18H14Cl2N4O3. The molecule has 9 heteroatoms. The van der Waals surface area contributed by atoms with E-state index in [1.165, 1.54) is 13.4 Å². The summed E-state index contributed by atoms with van der Waals surface area (Å²) >= 11 is 12.2. The topological polar surface area (TPSA) is 99.4 Å².